The summed E-state index contributed by atoms with van der Waals surface area (Å²) in [6, 6.07) is 5.43. The normalized spacial score (nSPS) is 19.2. The predicted octanol–water partition coefficient (Wildman–Crippen LogP) is 3.79. The molecule has 0 spiro atoms. The fourth-order valence-corrected chi connectivity index (χ4v) is 3.27. The Bertz CT molecular complexity index is 496. The molecule has 0 aliphatic carbocycles. The van der Waals surface area contributed by atoms with E-state index in [-0.39, 0.29) is 11.9 Å². The van der Waals surface area contributed by atoms with E-state index in [0.29, 0.717) is 10.8 Å². The Morgan fingerprint density at radius 1 is 1.32 bits per heavy atom. The van der Waals surface area contributed by atoms with Gasteiger partial charge in [0.1, 0.15) is 0 Å². The lowest BCUT2D eigenvalue weighted by Crippen LogP contribution is -2.50. The number of unbranched alkanes of at least 4 members (excludes halogenated alkanes) is 1. The minimum Gasteiger partial charge on any atom is -0.752 e. The molecule has 1 aromatic rings. The van der Waals surface area contributed by atoms with E-state index in [1.165, 1.54) is 0 Å². The number of anilines is 1. The van der Waals surface area contributed by atoms with Crippen molar-refractivity contribution in [3.05, 3.63) is 34.5 Å². The summed E-state index contributed by atoms with van der Waals surface area (Å²) in [5, 5.41) is 13.3. The highest BCUT2D eigenvalue weighted by Gasteiger charge is 2.29. The second-order valence-electron chi connectivity index (χ2n) is 6.27. The van der Waals surface area contributed by atoms with E-state index < -0.39 is 0 Å². The monoisotopic (exact) mass is 303 g/mol. The van der Waals surface area contributed by atoms with Crippen LogP contribution < -0.4 is 5.06 Å². The predicted molar refractivity (Wildman–Crippen MR) is 90.9 cm³/mol. The van der Waals surface area contributed by atoms with Crippen LogP contribution >= 0.6 is 0 Å². The highest BCUT2D eigenvalue weighted by molar-refractivity contribution is 5.99. The molecule has 1 heterocycles. The van der Waals surface area contributed by atoms with Crippen molar-refractivity contribution in [2.45, 2.75) is 58.9 Å². The summed E-state index contributed by atoms with van der Waals surface area (Å²) in [5.41, 5.74) is 2.24. The first-order valence-electron chi connectivity index (χ1n) is 8.37. The summed E-state index contributed by atoms with van der Waals surface area (Å²) >= 11 is 0. The lowest BCUT2D eigenvalue weighted by Gasteiger charge is -2.41. The molecule has 1 aromatic carbocycles. The van der Waals surface area contributed by atoms with Crippen LogP contribution in [0.1, 0.15) is 50.2 Å². The third-order valence-corrected chi connectivity index (χ3v) is 4.54. The van der Waals surface area contributed by atoms with Crippen molar-refractivity contribution in [3.8, 4) is 0 Å². The molecule has 1 fully saturated rings. The topological polar surface area (TPSA) is 46.6 Å². The van der Waals surface area contributed by atoms with E-state index in [4.69, 9.17) is 0 Å². The second-order valence-corrected chi connectivity index (χ2v) is 6.27. The van der Waals surface area contributed by atoms with E-state index in [9.17, 15) is 10.0 Å². The van der Waals surface area contributed by atoms with E-state index in [0.717, 1.165) is 56.3 Å². The van der Waals surface area contributed by atoms with Crippen LogP contribution in [0.3, 0.4) is 0 Å². The van der Waals surface area contributed by atoms with E-state index in [2.05, 4.69) is 11.8 Å². The van der Waals surface area contributed by atoms with Gasteiger partial charge in [0.05, 0.1) is 6.04 Å². The number of benzene rings is 1. The molecule has 0 bridgehead atoms. The third kappa shape index (κ3) is 3.68. The molecule has 1 saturated heterocycles. The largest absolute Gasteiger partial charge is 0.752 e. The smallest absolute Gasteiger partial charge is 0.233 e. The zero-order valence-corrected chi connectivity index (χ0v) is 14.0. The third-order valence-electron chi connectivity index (χ3n) is 4.54. The zero-order valence-electron chi connectivity index (χ0n) is 14.0. The van der Waals surface area contributed by atoms with Crippen molar-refractivity contribution in [2.24, 2.45) is 0 Å². The van der Waals surface area contributed by atoms with Gasteiger partial charge < -0.3 is 10.3 Å². The number of hydrogen-bond donors (Lipinski definition) is 0. The highest BCUT2D eigenvalue weighted by Crippen LogP contribution is 2.27. The summed E-state index contributed by atoms with van der Waals surface area (Å²) in [7, 11) is 0. The summed E-state index contributed by atoms with van der Waals surface area (Å²) in [5.74, 6) is -0.298. The second kappa shape index (κ2) is 7.75. The number of likely N-dealkylation sites (tertiary alicyclic amines) is 1. The number of carbonyl (C=O) groups is 1. The molecular weight excluding hydrogens is 276 g/mol. The average Bonchev–Trinajstić information content (AvgIpc) is 2.52. The maximum atomic E-state index is 12.7. The van der Waals surface area contributed by atoms with Crippen LogP contribution in [-0.2, 0) is 4.79 Å². The van der Waals surface area contributed by atoms with Gasteiger partial charge in [-0.1, -0.05) is 38.0 Å². The van der Waals surface area contributed by atoms with Gasteiger partial charge in [-0.3, -0.25) is 9.69 Å². The molecule has 1 amide bonds. The van der Waals surface area contributed by atoms with Gasteiger partial charge in [0.25, 0.3) is 0 Å². The minimum atomic E-state index is -0.298. The molecule has 0 radical (unpaired) electrons. The van der Waals surface area contributed by atoms with Crippen molar-refractivity contribution in [2.75, 3.05) is 18.2 Å². The summed E-state index contributed by atoms with van der Waals surface area (Å²) in [6.45, 7) is 7.76. The summed E-state index contributed by atoms with van der Waals surface area (Å²) < 4.78 is 0. The quantitative estimate of drug-likeness (QED) is 0.778. The first-order valence-corrected chi connectivity index (χ1v) is 8.37. The Labute approximate surface area is 133 Å². The van der Waals surface area contributed by atoms with Crippen molar-refractivity contribution in [1.82, 2.24) is 4.90 Å². The fraction of sp³-hybridized carbons (Fsp3) is 0.611. The summed E-state index contributed by atoms with van der Waals surface area (Å²) in [4.78, 5) is 15.0. The van der Waals surface area contributed by atoms with E-state index >= 15 is 0 Å². The lowest BCUT2D eigenvalue weighted by atomic mass is 10.00. The Kier molecular flexibility index (Phi) is 5.98. The average molecular weight is 303 g/mol. The Hall–Kier alpha value is -1.39. The van der Waals surface area contributed by atoms with Crippen LogP contribution in [0.25, 0.3) is 0 Å². The molecule has 122 valence electrons. The SMILES string of the molecule is CCCCN1CCCCC1C(=O)N([O-])c1c(C)cccc1C. The minimum absolute atomic E-state index is 0.253. The summed E-state index contributed by atoms with van der Waals surface area (Å²) in [6.07, 6.45) is 5.13. The highest BCUT2D eigenvalue weighted by atomic mass is 16.5. The van der Waals surface area contributed by atoms with Gasteiger partial charge in [-0.15, -0.1) is 0 Å². The van der Waals surface area contributed by atoms with Crippen molar-refractivity contribution >= 4 is 11.6 Å². The van der Waals surface area contributed by atoms with Gasteiger partial charge in [-0.25, -0.2) is 0 Å². The van der Waals surface area contributed by atoms with E-state index in [1.807, 2.05) is 32.0 Å². The van der Waals surface area contributed by atoms with Gasteiger partial charge in [0.2, 0.25) is 5.91 Å². The zero-order chi connectivity index (χ0) is 16.1. The van der Waals surface area contributed by atoms with Crippen LogP contribution in [0.4, 0.5) is 5.69 Å². The number of hydrogen-bond acceptors (Lipinski definition) is 3. The molecule has 1 atom stereocenters. The van der Waals surface area contributed by atoms with E-state index in [1.54, 1.807) is 0 Å². The Morgan fingerprint density at radius 2 is 2.00 bits per heavy atom. The molecule has 1 unspecified atom stereocenters. The Morgan fingerprint density at radius 3 is 2.64 bits per heavy atom. The van der Waals surface area contributed by atoms with Gasteiger partial charge in [-0.05, 0) is 57.3 Å². The lowest BCUT2D eigenvalue weighted by molar-refractivity contribution is -0.124. The molecule has 1 aliphatic heterocycles. The molecule has 0 saturated carbocycles. The molecule has 4 heteroatoms. The molecule has 0 N–H and O–H groups in total. The van der Waals surface area contributed by atoms with Crippen LogP contribution in [0, 0.1) is 19.1 Å². The maximum absolute atomic E-state index is 12.7. The Balaban J connectivity index is 2.17. The van der Waals surface area contributed by atoms with Crippen molar-refractivity contribution in [1.29, 1.82) is 0 Å². The molecule has 4 nitrogen and oxygen atoms in total. The molecule has 0 aromatic heterocycles. The molecule has 1 aliphatic rings. The van der Waals surface area contributed by atoms with Gasteiger partial charge in [0.15, 0.2) is 0 Å². The van der Waals surface area contributed by atoms with Crippen LogP contribution in [0.5, 0.6) is 0 Å². The fourth-order valence-electron chi connectivity index (χ4n) is 3.27. The standard InChI is InChI=1S/C18H27N2O2/c1-4-5-12-19-13-7-6-11-16(19)18(21)20(22)17-14(2)9-8-10-15(17)3/h8-10,16H,4-7,11-13H2,1-3H3/q-1. The van der Waals surface area contributed by atoms with Crippen LogP contribution in [0.2, 0.25) is 0 Å². The number of hydroxylamine groups is 1. The van der Waals surface area contributed by atoms with Crippen LogP contribution in [-0.4, -0.2) is 29.9 Å². The van der Waals surface area contributed by atoms with Gasteiger partial charge in [0, 0.05) is 5.69 Å². The number of nitrogens with zero attached hydrogens (tertiary/aromatic N) is 2. The number of carbonyl (C=O) groups excluding carboxylic acids is 1. The maximum Gasteiger partial charge on any atom is 0.233 e. The van der Waals surface area contributed by atoms with Gasteiger partial charge in [-0.2, -0.15) is 0 Å². The number of piperidine rings is 1. The van der Waals surface area contributed by atoms with Crippen molar-refractivity contribution in [3.63, 3.8) is 0 Å². The molecular formula is C18H27N2O2-. The molecule has 2 rings (SSSR count). The number of rotatable bonds is 5. The van der Waals surface area contributed by atoms with Gasteiger partial charge >= 0.3 is 0 Å². The van der Waals surface area contributed by atoms with Crippen molar-refractivity contribution < 1.29 is 4.79 Å². The molecule has 22 heavy (non-hydrogen) atoms. The van der Waals surface area contributed by atoms with Crippen LogP contribution in [0.15, 0.2) is 18.2 Å². The first kappa shape index (κ1) is 17.0. The number of amides is 1. The number of aryl methyl sites for hydroxylation is 2. The number of para-hydroxylation sites is 1. The first-order chi connectivity index (χ1) is 10.6.